The van der Waals surface area contributed by atoms with Gasteiger partial charge < -0.3 is 30.3 Å². The summed E-state index contributed by atoms with van der Waals surface area (Å²) < 4.78 is 6.29. The Kier molecular flexibility index (Phi) is 5.26. The van der Waals surface area contributed by atoms with Crippen molar-refractivity contribution in [3.63, 3.8) is 0 Å². The maximum absolute atomic E-state index is 10.1. The molecule has 1 aliphatic heterocycles. The van der Waals surface area contributed by atoms with E-state index < -0.39 is 6.10 Å². The number of hydrogen-bond acceptors (Lipinski definition) is 6. The molecular formula is C28H22O6. The first-order chi connectivity index (χ1) is 16.4. The molecule has 34 heavy (non-hydrogen) atoms. The summed E-state index contributed by atoms with van der Waals surface area (Å²) in [4.78, 5) is 0. The van der Waals surface area contributed by atoms with E-state index in [-0.39, 0.29) is 34.7 Å². The number of fused-ring (bicyclic) bond motifs is 1. The van der Waals surface area contributed by atoms with Crippen LogP contribution in [0.15, 0.2) is 78.9 Å². The Morgan fingerprint density at radius 3 is 1.76 bits per heavy atom. The van der Waals surface area contributed by atoms with Gasteiger partial charge in [-0.1, -0.05) is 30.4 Å². The zero-order chi connectivity index (χ0) is 23.8. The minimum Gasteiger partial charge on any atom is -0.508 e. The third-order valence-corrected chi connectivity index (χ3v) is 5.82. The van der Waals surface area contributed by atoms with Crippen LogP contribution in [-0.2, 0) is 0 Å². The second-order valence-corrected chi connectivity index (χ2v) is 8.30. The predicted molar refractivity (Wildman–Crippen MR) is 128 cm³/mol. The van der Waals surface area contributed by atoms with Crippen LogP contribution in [0.2, 0.25) is 0 Å². The Balaban J connectivity index is 1.57. The number of benzene rings is 4. The van der Waals surface area contributed by atoms with E-state index >= 15 is 0 Å². The smallest absolute Gasteiger partial charge is 0.135 e. The molecule has 4 aromatic carbocycles. The van der Waals surface area contributed by atoms with E-state index in [1.54, 1.807) is 54.6 Å². The van der Waals surface area contributed by atoms with Gasteiger partial charge in [0.25, 0.3) is 0 Å². The molecule has 0 unspecified atom stereocenters. The summed E-state index contributed by atoms with van der Waals surface area (Å²) in [7, 11) is 0. The quantitative estimate of drug-likeness (QED) is 0.255. The van der Waals surface area contributed by atoms with Crippen molar-refractivity contribution in [2.75, 3.05) is 0 Å². The molecule has 6 heteroatoms. The van der Waals surface area contributed by atoms with Crippen molar-refractivity contribution in [3.8, 4) is 34.5 Å². The molecule has 0 saturated carbocycles. The highest BCUT2D eigenvalue weighted by Gasteiger charge is 2.37. The van der Waals surface area contributed by atoms with Gasteiger partial charge in [-0.15, -0.1) is 0 Å². The van der Waals surface area contributed by atoms with Crippen molar-refractivity contribution in [2.24, 2.45) is 0 Å². The highest BCUT2D eigenvalue weighted by molar-refractivity contribution is 5.72. The second-order valence-electron chi connectivity index (χ2n) is 8.30. The zero-order valence-corrected chi connectivity index (χ0v) is 18.0. The fraction of sp³-hybridized carbons (Fsp3) is 0.0714. The maximum Gasteiger partial charge on any atom is 0.135 e. The van der Waals surface area contributed by atoms with Gasteiger partial charge in [-0.2, -0.15) is 0 Å². The van der Waals surface area contributed by atoms with E-state index in [0.29, 0.717) is 16.9 Å². The predicted octanol–water partition coefficient (Wildman–Crippen LogP) is 5.65. The molecule has 5 N–H and O–H groups in total. The summed E-state index contributed by atoms with van der Waals surface area (Å²) >= 11 is 0. The highest BCUT2D eigenvalue weighted by atomic mass is 16.5. The summed E-state index contributed by atoms with van der Waals surface area (Å²) in [5, 5.41) is 49.4. The molecule has 0 amide bonds. The number of phenolic OH excluding ortho intramolecular Hbond substituents is 5. The van der Waals surface area contributed by atoms with E-state index in [2.05, 4.69) is 0 Å². The second kappa shape index (κ2) is 8.41. The van der Waals surface area contributed by atoms with Crippen LogP contribution >= 0.6 is 0 Å². The summed E-state index contributed by atoms with van der Waals surface area (Å²) in [5.74, 6) is 0.357. The van der Waals surface area contributed by atoms with Gasteiger partial charge in [0.05, 0.1) is 5.92 Å². The molecule has 0 aliphatic carbocycles. The van der Waals surface area contributed by atoms with Crippen LogP contribution in [0.3, 0.4) is 0 Å². The van der Waals surface area contributed by atoms with E-state index in [0.717, 1.165) is 16.7 Å². The molecule has 1 heterocycles. The molecule has 0 aromatic heterocycles. The van der Waals surface area contributed by atoms with Gasteiger partial charge in [-0.05, 0) is 70.8 Å². The fourth-order valence-corrected chi connectivity index (χ4v) is 4.37. The van der Waals surface area contributed by atoms with Crippen LogP contribution in [0.25, 0.3) is 12.2 Å². The first kappa shape index (κ1) is 21.3. The van der Waals surface area contributed by atoms with Crippen LogP contribution < -0.4 is 4.74 Å². The number of ether oxygens (including phenoxy) is 1. The Morgan fingerprint density at radius 2 is 1.12 bits per heavy atom. The molecule has 5 rings (SSSR count). The van der Waals surface area contributed by atoms with E-state index in [9.17, 15) is 25.5 Å². The lowest BCUT2D eigenvalue weighted by Crippen LogP contribution is -2.11. The van der Waals surface area contributed by atoms with Crippen molar-refractivity contribution >= 4 is 12.2 Å². The summed E-state index contributed by atoms with van der Waals surface area (Å²) in [6.07, 6.45) is 3.21. The first-order valence-corrected chi connectivity index (χ1v) is 10.7. The van der Waals surface area contributed by atoms with Crippen LogP contribution in [0, 0.1) is 0 Å². The minimum atomic E-state index is -0.431. The summed E-state index contributed by atoms with van der Waals surface area (Å²) in [5.41, 5.74) is 3.92. The number of hydrogen-bond donors (Lipinski definition) is 5. The van der Waals surface area contributed by atoms with Crippen LogP contribution in [0.4, 0.5) is 0 Å². The molecule has 6 nitrogen and oxygen atoms in total. The molecule has 0 fully saturated rings. The van der Waals surface area contributed by atoms with Crippen molar-refractivity contribution in [3.05, 3.63) is 107 Å². The minimum absolute atomic E-state index is 0.0255. The molecule has 0 radical (unpaired) electrons. The zero-order valence-electron chi connectivity index (χ0n) is 18.0. The number of rotatable bonds is 4. The molecule has 170 valence electrons. The number of aromatic hydroxyl groups is 5. The van der Waals surface area contributed by atoms with E-state index in [4.69, 9.17) is 4.74 Å². The van der Waals surface area contributed by atoms with Crippen LogP contribution in [0.1, 0.15) is 39.8 Å². The Morgan fingerprint density at radius 1 is 0.529 bits per heavy atom. The molecule has 2 atom stereocenters. The SMILES string of the molecule is Oc1ccc([C@H]2Oc3ccc(/C=C/c4cc(O)cc(O)c4)cc3[C@H]2c2cc(O)cc(O)c2)cc1. The Hall–Kier alpha value is -4.58. The van der Waals surface area contributed by atoms with Gasteiger partial charge in [-0.3, -0.25) is 0 Å². The normalized spacial score (nSPS) is 16.9. The van der Waals surface area contributed by atoms with Crippen molar-refractivity contribution < 1.29 is 30.3 Å². The number of phenols is 5. The third-order valence-electron chi connectivity index (χ3n) is 5.82. The molecule has 0 bridgehead atoms. The van der Waals surface area contributed by atoms with Gasteiger partial charge in [0, 0.05) is 17.7 Å². The van der Waals surface area contributed by atoms with Crippen molar-refractivity contribution in [1.82, 2.24) is 0 Å². The monoisotopic (exact) mass is 454 g/mol. The van der Waals surface area contributed by atoms with Gasteiger partial charge in [0.2, 0.25) is 0 Å². The first-order valence-electron chi connectivity index (χ1n) is 10.7. The lowest BCUT2D eigenvalue weighted by molar-refractivity contribution is 0.222. The molecule has 1 aliphatic rings. The van der Waals surface area contributed by atoms with E-state index in [1.165, 1.54) is 12.1 Å². The molecule has 0 spiro atoms. The summed E-state index contributed by atoms with van der Waals surface area (Å²) in [6, 6.07) is 21.4. The largest absolute Gasteiger partial charge is 0.508 e. The average Bonchev–Trinajstić information content (AvgIpc) is 3.15. The van der Waals surface area contributed by atoms with Gasteiger partial charge in [0.15, 0.2) is 0 Å². The summed E-state index contributed by atoms with van der Waals surface area (Å²) in [6.45, 7) is 0. The highest BCUT2D eigenvalue weighted by Crippen LogP contribution is 2.51. The standard InChI is InChI=1S/C28H22O6/c29-20-6-4-18(5-7-20)28-27(19-12-23(32)15-24(33)13-19)25-11-16(3-8-26(25)34-28)1-2-17-9-21(30)14-22(31)10-17/h1-15,27-33H/b2-1+/t27-,28-/m1/s1. The third kappa shape index (κ3) is 4.21. The van der Waals surface area contributed by atoms with Crippen molar-refractivity contribution in [2.45, 2.75) is 12.0 Å². The van der Waals surface area contributed by atoms with Gasteiger partial charge in [0.1, 0.15) is 40.6 Å². The van der Waals surface area contributed by atoms with Gasteiger partial charge in [-0.25, -0.2) is 0 Å². The Labute approximate surface area is 195 Å². The lowest BCUT2D eigenvalue weighted by atomic mass is 9.84. The van der Waals surface area contributed by atoms with E-state index in [1.807, 2.05) is 24.3 Å². The van der Waals surface area contributed by atoms with Crippen LogP contribution in [-0.4, -0.2) is 25.5 Å². The molecule has 0 saturated heterocycles. The van der Waals surface area contributed by atoms with Crippen molar-refractivity contribution in [1.29, 1.82) is 0 Å². The Bertz CT molecular complexity index is 1350. The maximum atomic E-state index is 10.1. The van der Waals surface area contributed by atoms with Gasteiger partial charge >= 0.3 is 0 Å². The average molecular weight is 454 g/mol. The molecule has 4 aromatic rings. The lowest BCUT2D eigenvalue weighted by Gasteiger charge is -2.20. The molecular weight excluding hydrogens is 432 g/mol. The fourth-order valence-electron chi connectivity index (χ4n) is 4.37. The topological polar surface area (TPSA) is 110 Å². The van der Waals surface area contributed by atoms with Crippen LogP contribution in [0.5, 0.6) is 34.5 Å².